The Balaban J connectivity index is 1.71. The van der Waals surface area contributed by atoms with Crippen molar-refractivity contribution in [2.75, 3.05) is 54.0 Å². The number of carbonyl (C=O) groups excluding carboxylic acids is 2. The highest BCUT2D eigenvalue weighted by atomic mass is 16.7. The number of amides is 3. The molecule has 2 N–H and O–H groups in total. The van der Waals surface area contributed by atoms with Crippen LogP contribution < -0.4 is 10.6 Å². The number of likely N-dealkylation sites (N-methyl/N-ethyl adjacent to an activating group) is 1. The summed E-state index contributed by atoms with van der Waals surface area (Å²) in [5.74, 6) is -0.568. The lowest BCUT2D eigenvalue weighted by atomic mass is 9.79. The van der Waals surface area contributed by atoms with Crippen LogP contribution in [0.2, 0.25) is 0 Å². The van der Waals surface area contributed by atoms with E-state index in [1.807, 2.05) is 56.4 Å². The number of hydrogen-bond acceptors (Lipinski definition) is 6. The van der Waals surface area contributed by atoms with Crippen LogP contribution in [0.3, 0.4) is 0 Å². The molecule has 0 aromatic heterocycles. The number of ether oxygens (including phenoxy) is 2. The molecule has 1 aromatic rings. The molecule has 2 fully saturated rings. The van der Waals surface area contributed by atoms with E-state index in [0.717, 1.165) is 31.2 Å². The Labute approximate surface area is 198 Å². The summed E-state index contributed by atoms with van der Waals surface area (Å²) in [6, 6.07) is 9.34. The van der Waals surface area contributed by atoms with E-state index in [4.69, 9.17) is 9.47 Å². The molecule has 2 unspecified atom stereocenters. The second kappa shape index (κ2) is 12.5. The molecule has 2 aliphatic rings. The fourth-order valence-electron chi connectivity index (χ4n) is 4.90. The Bertz CT molecular complexity index is 752. The first kappa shape index (κ1) is 25.6. The minimum absolute atomic E-state index is 0.136. The van der Waals surface area contributed by atoms with Crippen LogP contribution in [-0.2, 0) is 20.8 Å². The van der Waals surface area contributed by atoms with E-state index in [1.54, 1.807) is 0 Å². The zero-order valence-electron chi connectivity index (χ0n) is 20.3. The van der Waals surface area contributed by atoms with Crippen molar-refractivity contribution in [3.05, 3.63) is 35.9 Å². The van der Waals surface area contributed by atoms with Crippen LogP contribution >= 0.6 is 0 Å². The van der Waals surface area contributed by atoms with Gasteiger partial charge in [-0.2, -0.15) is 0 Å². The van der Waals surface area contributed by atoms with Gasteiger partial charge in [-0.1, -0.05) is 36.8 Å². The van der Waals surface area contributed by atoms with Gasteiger partial charge < -0.3 is 25.0 Å². The number of benzene rings is 1. The Kier molecular flexibility index (Phi) is 9.67. The molecule has 1 heterocycles. The van der Waals surface area contributed by atoms with E-state index in [2.05, 4.69) is 10.6 Å². The van der Waals surface area contributed by atoms with Gasteiger partial charge in [-0.15, -0.1) is 0 Å². The fourth-order valence-corrected chi connectivity index (χ4v) is 4.90. The van der Waals surface area contributed by atoms with Crippen LogP contribution in [0.25, 0.3) is 0 Å². The molecule has 184 valence electrons. The van der Waals surface area contributed by atoms with E-state index in [-0.39, 0.29) is 24.4 Å². The van der Waals surface area contributed by atoms with Crippen LogP contribution in [0, 0.1) is 11.8 Å². The monoisotopic (exact) mass is 460 g/mol. The molecule has 8 nitrogen and oxygen atoms in total. The molecule has 1 saturated carbocycles. The standard InChI is InChI=1S/C25H40N4O4/c1-26-18-22(16-21-10-7-11-25(17-21)32-14-15-33-25)23(30)29(19-20-8-5-4-6-9-20)24(31)27-12-13-28(2)3/h4-6,8-9,21-22,26H,7,10-19H2,1-3H3,(H,27,31). The molecule has 1 saturated heterocycles. The Morgan fingerprint density at radius 3 is 2.58 bits per heavy atom. The quantitative estimate of drug-likeness (QED) is 0.558. The number of imide groups is 1. The first-order valence-electron chi connectivity index (χ1n) is 12.1. The highest BCUT2D eigenvalue weighted by Crippen LogP contribution is 2.41. The van der Waals surface area contributed by atoms with Crippen molar-refractivity contribution in [1.29, 1.82) is 0 Å². The van der Waals surface area contributed by atoms with Crippen molar-refractivity contribution in [2.45, 2.75) is 44.4 Å². The summed E-state index contributed by atoms with van der Waals surface area (Å²) >= 11 is 0. The molecular weight excluding hydrogens is 420 g/mol. The van der Waals surface area contributed by atoms with Crippen molar-refractivity contribution in [3.8, 4) is 0 Å². The molecule has 0 bridgehead atoms. The highest BCUT2D eigenvalue weighted by Gasteiger charge is 2.42. The molecule has 1 aliphatic heterocycles. The molecular formula is C25H40N4O4. The van der Waals surface area contributed by atoms with E-state index < -0.39 is 5.79 Å². The van der Waals surface area contributed by atoms with Gasteiger partial charge in [0.2, 0.25) is 5.91 Å². The maximum atomic E-state index is 13.7. The summed E-state index contributed by atoms with van der Waals surface area (Å²) in [6.45, 7) is 3.27. The third-order valence-electron chi connectivity index (χ3n) is 6.53. The van der Waals surface area contributed by atoms with E-state index in [9.17, 15) is 9.59 Å². The molecule has 1 spiro atoms. The summed E-state index contributed by atoms with van der Waals surface area (Å²) in [6.07, 6.45) is 4.53. The molecule has 0 radical (unpaired) electrons. The van der Waals surface area contributed by atoms with Gasteiger partial charge in [0.25, 0.3) is 0 Å². The molecule has 3 amide bonds. The normalized spacial score (nSPS) is 20.7. The second-order valence-corrected chi connectivity index (χ2v) is 9.51. The van der Waals surface area contributed by atoms with Crippen LogP contribution in [-0.4, -0.2) is 81.5 Å². The van der Waals surface area contributed by atoms with Gasteiger partial charge in [0.15, 0.2) is 5.79 Å². The number of hydrogen-bond donors (Lipinski definition) is 2. The first-order valence-corrected chi connectivity index (χ1v) is 12.1. The summed E-state index contributed by atoms with van der Waals surface area (Å²) in [5, 5.41) is 6.09. The van der Waals surface area contributed by atoms with E-state index >= 15 is 0 Å². The average molecular weight is 461 g/mol. The lowest BCUT2D eigenvalue weighted by molar-refractivity contribution is -0.188. The molecule has 8 heteroatoms. The van der Waals surface area contributed by atoms with Crippen molar-refractivity contribution in [1.82, 2.24) is 20.4 Å². The number of urea groups is 1. The summed E-state index contributed by atoms with van der Waals surface area (Å²) in [7, 11) is 5.76. The van der Waals surface area contributed by atoms with Crippen molar-refractivity contribution >= 4 is 11.9 Å². The molecule has 2 atom stereocenters. The third kappa shape index (κ3) is 7.50. The summed E-state index contributed by atoms with van der Waals surface area (Å²) in [5.41, 5.74) is 0.932. The van der Waals surface area contributed by atoms with Crippen LogP contribution in [0.4, 0.5) is 4.79 Å². The Hall–Kier alpha value is -2.00. The number of rotatable bonds is 10. The topological polar surface area (TPSA) is 83.1 Å². The third-order valence-corrected chi connectivity index (χ3v) is 6.53. The van der Waals surface area contributed by atoms with Crippen molar-refractivity contribution < 1.29 is 19.1 Å². The maximum Gasteiger partial charge on any atom is 0.324 e. The predicted octanol–water partition coefficient (Wildman–Crippen LogP) is 2.45. The average Bonchev–Trinajstić information content (AvgIpc) is 3.24. The zero-order valence-corrected chi connectivity index (χ0v) is 20.3. The molecule has 1 aliphatic carbocycles. The number of nitrogens with one attached hydrogen (secondary N) is 2. The molecule has 1 aromatic carbocycles. The van der Waals surface area contributed by atoms with Gasteiger partial charge in [-0.25, -0.2) is 4.79 Å². The highest BCUT2D eigenvalue weighted by molar-refractivity contribution is 5.95. The maximum absolute atomic E-state index is 13.7. The summed E-state index contributed by atoms with van der Waals surface area (Å²) in [4.78, 5) is 30.2. The van der Waals surface area contributed by atoms with Crippen LogP contribution in [0.15, 0.2) is 30.3 Å². The van der Waals surface area contributed by atoms with E-state index in [1.165, 1.54) is 4.90 Å². The van der Waals surface area contributed by atoms with Gasteiger partial charge in [0.05, 0.1) is 25.7 Å². The van der Waals surface area contributed by atoms with Gasteiger partial charge in [-0.3, -0.25) is 9.69 Å². The number of nitrogens with zero attached hydrogens (tertiary/aromatic N) is 2. The van der Waals surface area contributed by atoms with Gasteiger partial charge in [0, 0.05) is 32.5 Å². The van der Waals surface area contributed by atoms with Gasteiger partial charge in [-0.05, 0) is 45.5 Å². The van der Waals surface area contributed by atoms with Crippen LogP contribution in [0.5, 0.6) is 0 Å². The van der Waals surface area contributed by atoms with Crippen molar-refractivity contribution in [2.24, 2.45) is 11.8 Å². The molecule has 3 rings (SSSR count). The lowest BCUT2D eigenvalue weighted by Gasteiger charge is -2.37. The fraction of sp³-hybridized carbons (Fsp3) is 0.680. The predicted molar refractivity (Wildman–Crippen MR) is 128 cm³/mol. The second-order valence-electron chi connectivity index (χ2n) is 9.51. The minimum Gasteiger partial charge on any atom is -0.348 e. The zero-order chi connectivity index (χ0) is 23.7. The van der Waals surface area contributed by atoms with Gasteiger partial charge in [0.1, 0.15) is 0 Å². The molecule has 33 heavy (non-hydrogen) atoms. The number of carbonyl (C=O) groups is 2. The Morgan fingerprint density at radius 2 is 1.91 bits per heavy atom. The van der Waals surface area contributed by atoms with E-state index in [0.29, 0.717) is 45.2 Å². The lowest BCUT2D eigenvalue weighted by Crippen LogP contribution is -2.49. The van der Waals surface area contributed by atoms with Gasteiger partial charge >= 0.3 is 6.03 Å². The van der Waals surface area contributed by atoms with Crippen LogP contribution in [0.1, 0.15) is 37.7 Å². The minimum atomic E-state index is -0.469. The summed E-state index contributed by atoms with van der Waals surface area (Å²) < 4.78 is 11.9. The van der Waals surface area contributed by atoms with Crippen molar-refractivity contribution in [3.63, 3.8) is 0 Å². The smallest absolute Gasteiger partial charge is 0.324 e. The SMILES string of the molecule is CNCC(CC1CCCC2(C1)OCCO2)C(=O)N(Cc1ccccc1)C(=O)NCCN(C)C. The Morgan fingerprint density at radius 1 is 1.18 bits per heavy atom. The largest absolute Gasteiger partial charge is 0.348 e. The first-order chi connectivity index (χ1) is 15.9.